The van der Waals surface area contributed by atoms with Crippen LogP contribution in [0.25, 0.3) is 45.2 Å². The summed E-state index contributed by atoms with van der Waals surface area (Å²) in [7, 11) is 0. The Bertz CT molecular complexity index is 1850. The molecule has 0 saturated heterocycles. The zero-order valence-corrected chi connectivity index (χ0v) is 20.6. The molecular formula is C31H25N7. The zero-order valence-electron chi connectivity index (χ0n) is 20.6. The molecule has 0 spiro atoms. The molecule has 0 unspecified atom stereocenters. The first-order valence-corrected chi connectivity index (χ1v) is 12.2. The third-order valence-corrected chi connectivity index (χ3v) is 6.35. The molecule has 6 rings (SSSR count). The maximum Gasteiger partial charge on any atom is 0.165 e. The third kappa shape index (κ3) is 4.56. The first-order valence-electron chi connectivity index (χ1n) is 12.2. The lowest BCUT2D eigenvalue weighted by Crippen LogP contribution is -2.03. The van der Waals surface area contributed by atoms with Gasteiger partial charge in [-0.3, -0.25) is 0 Å². The molecule has 0 fully saturated rings. The number of H-pyrrole nitrogens is 3. The Morgan fingerprint density at radius 2 is 1.39 bits per heavy atom. The minimum absolute atomic E-state index is 0.559. The molecule has 7 nitrogen and oxygen atoms in total. The van der Waals surface area contributed by atoms with E-state index in [0.29, 0.717) is 17.1 Å². The van der Waals surface area contributed by atoms with E-state index in [2.05, 4.69) is 73.7 Å². The number of nitrogens with zero attached hydrogens (tertiary/aromatic N) is 3. The van der Waals surface area contributed by atoms with E-state index in [1.54, 1.807) is 0 Å². The van der Waals surface area contributed by atoms with Gasteiger partial charge < -0.3 is 20.3 Å². The van der Waals surface area contributed by atoms with Crippen molar-refractivity contribution in [2.24, 2.45) is 4.99 Å². The maximum atomic E-state index is 4.79. The lowest BCUT2D eigenvalue weighted by molar-refractivity contribution is 1.12. The van der Waals surface area contributed by atoms with Crippen LogP contribution in [0.5, 0.6) is 0 Å². The van der Waals surface area contributed by atoms with Gasteiger partial charge in [0.2, 0.25) is 0 Å². The highest BCUT2D eigenvalue weighted by atomic mass is 15.1. The number of fused-ring (bicyclic) bond motifs is 1. The first kappa shape index (κ1) is 23.0. The second-order valence-corrected chi connectivity index (χ2v) is 8.80. The normalized spacial score (nSPS) is 11.5. The van der Waals surface area contributed by atoms with Crippen molar-refractivity contribution in [3.63, 3.8) is 0 Å². The summed E-state index contributed by atoms with van der Waals surface area (Å²) in [5.74, 6) is 2.19. The molecule has 0 radical (unpaired) electrons. The highest BCUT2D eigenvalue weighted by molar-refractivity contribution is 5.91. The van der Waals surface area contributed by atoms with Crippen molar-refractivity contribution >= 4 is 40.4 Å². The number of anilines is 2. The molecule has 184 valence electrons. The summed E-state index contributed by atoms with van der Waals surface area (Å²) in [6, 6.07) is 20.5. The van der Waals surface area contributed by atoms with Crippen LogP contribution in [0.4, 0.5) is 17.5 Å². The maximum absolute atomic E-state index is 4.79. The summed E-state index contributed by atoms with van der Waals surface area (Å²) in [5, 5.41) is 5.11. The molecule has 0 aliphatic carbocycles. The molecule has 0 aliphatic heterocycles. The molecule has 6 aromatic rings. The summed E-state index contributed by atoms with van der Waals surface area (Å²) < 4.78 is 0. The number of nitrogens with one attached hydrogen (secondary N) is 4. The van der Waals surface area contributed by atoms with Crippen LogP contribution in [0, 0.1) is 0 Å². The molecule has 4 aromatic heterocycles. The van der Waals surface area contributed by atoms with Crippen LogP contribution in [0.3, 0.4) is 0 Å². The van der Waals surface area contributed by atoms with E-state index in [4.69, 9.17) is 4.99 Å². The van der Waals surface area contributed by atoms with Crippen molar-refractivity contribution in [2.45, 2.75) is 0 Å². The fourth-order valence-electron chi connectivity index (χ4n) is 4.39. The Morgan fingerprint density at radius 1 is 0.711 bits per heavy atom. The third-order valence-electron chi connectivity index (χ3n) is 6.35. The van der Waals surface area contributed by atoms with E-state index in [1.165, 1.54) is 6.33 Å². The Labute approximate surface area is 219 Å². The monoisotopic (exact) mass is 495 g/mol. The molecule has 4 heterocycles. The van der Waals surface area contributed by atoms with Crippen molar-refractivity contribution in [3.8, 4) is 22.3 Å². The number of benzene rings is 2. The molecule has 0 bridgehead atoms. The quantitative estimate of drug-likeness (QED) is 0.188. The van der Waals surface area contributed by atoms with Gasteiger partial charge >= 0.3 is 0 Å². The minimum Gasteiger partial charge on any atom is -0.366 e. The SMILES string of the molecule is C=Cc1cccc(-c2c[nH]c(/N=c3\ncnc(Nc4cc(-c5cccc(C=C)c5)c[nH]4)c4c[nH]cc34)c2)c1. The predicted molar refractivity (Wildman–Crippen MR) is 155 cm³/mol. The van der Waals surface area contributed by atoms with Crippen LogP contribution < -0.4 is 10.8 Å². The minimum atomic E-state index is 0.559. The average Bonchev–Trinajstić information content (AvgIpc) is 3.72. The van der Waals surface area contributed by atoms with Gasteiger partial charge in [-0.25, -0.2) is 15.0 Å². The average molecular weight is 496 g/mol. The number of aromatic amines is 3. The van der Waals surface area contributed by atoms with Gasteiger partial charge in [0.05, 0.1) is 0 Å². The zero-order chi connectivity index (χ0) is 25.9. The molecule has 7 heteroatoms. The van der Waals surface area contributed by atoms with E-state index in [0.717, 1.165) is 50.0 Å². The van der Waals surface area contributed by atoms with Gasteiger partial charge in [-0.15, -0.1) is 0 Å². The smallest absolute Gasteiger partial charge is 0.165 e. The van der Waals surface area contributed by atoms with Crippen LogP contribution in [-0.4, -0.2) is 24.9 Å². The van der Waals surface area contributed by atoms with Gasteiger partial charge in [0.25, 0.3) is 0 Å². The van der Waals surface area contributed by atoms with Crippen molar-refractivity contribution in [3.05, 3.63) is 122 Å². The molecule has 0 aliphatic rings. The number of hydrogen-bond donors (Lipinski definition) is 4. The predicted octanol–water partition coefficient (Wildman–Crippen LogP) is 7.21. The highest BCUT2D eigenvalue weighted by Gasteiger charge is 2.09. The first-order chi connectivity index (χ1) is 18.7. The Hall–Kier alpha value is -5.43. The Morgan fingerprint density at radius 3 is 2.13 bits per heavy atom. The Balaban J connectivity index is 1.32. The van der Waals surface area contributed by atoms with E-state index >= 15 is 0 Å². The van der Waals surface area contributed by atoms with Crippen molar-refractivity contribution in [2.75, 3.05) is 5.32 Å². The highest BCUT2D eigenvalue weighted by Crippen LogP contribution is 2.28. The fraction of sp³-hybridized carbons (Fsp3) is 0. The molecule has 38 heavy (non-hydrogen) atoms. The van der Waals surface area contributed by atoms with Gasteiger partial charge in [-0.1, -0.05) is 61.7 Å². The topological polar surface area (TPSA) is 97.5 Å². The number of aromatic nitrogens is 5. The molecule has 2 aromatic carbocycles. The van der Waals surface area contributed by atoms with E-state index in [9.17, 15) is 0 Å². The molecular weight excluding hydrogens is 470 g/mol. The van der Waals surface area contributed by atoms with Gasteiger partial charge in [0, 0.05) is 46.7 Å². The van der Waals surface area contributed by atoms with Gasteiger partial charge in [0.15, 0.2) is 5.49 Å². The summed E-state index contributed by atoms with van der Waals surface area (Å²) in [4.78, 5) is 23.6. The lowest BCUT2D eigenvalue weighted by Gasteiger charge is -2.01. The van der Waals surface area contributed by atoms with Crippen molar-refractivity contribution < 1.29 is 0 Å². The lowest BCUT2D eigenvalue weighted by atomic mass is 10.1. The molecule has 0 saturated carbocycles. The van der Waals surface area contributed by atoms with Gasteiger partial charge in [0.1, 0.15) is 23.8 Å². The van der Waals surface area contributed by atoms with Crippen LogP contribution in [-0.2, 0) is 0 Å². The fourth-order valence-corrected chi connectivity index (χ4v) is 4.39. The second kappa shape index (κ2) is 9.91. The van der Waals surface area contributed by atoms with E-state index in [1.807, 2.05) is 67.3 Å². The van der Waals surface area contributed by atoms with Crippen LogP contribution in [0.15, 0.2) is 110 Å². The number of hydrogen-bond acceptors (Lipinski definition) is 4. The van der Waals surface area contributed by atoms with Crippen LogP contribution >= 0.6 is 0 Å². The van der Waals surface area contributed by atoms with Crippen molar-refractivity contribution in [1.82, 2.24) is 24.9 Å². The molecule has 0 atom stereocenters. The summed E-state index contributed by atoms with van der Waals surface area (Å²) in [5.41, 5.74) is 7.01. The van der Waals surface area contributed by atoms with Gasteiger partial charge in [-0.2, -0.15) is 0 Å². The largest absolute Gasteiger partial charge is 0.366 e. The van der Waals surface area contributed by atoms with Crippen LogP contribution in [0.1, 0.15) is 11.1 Å². The van der Waals surface area contributed by atoms with Crippen molar-refractivity contribution in [1.29, 1.82) is 0 Å². The summed E-state index contributed by atoms with van der Waals surface area (Å²) in [6.45, 7) is 7.72. The second-order valence-electron chi connectivity index (χ2n) is 8.80. The number of rotatable bonds is 7. The van der Waals surface area contributed by atoms with E-state index in [-0.39, 0.29) is 0 Å². The standard InChI is InChI=1S/C31H25N7/c1-3-20-7-5-9-22(11-20)24-13-28(33-15-24)37-30-26-17-32-18-27(26)31(36-19-35-30)38-29-14-25(16-34-29)23-10-6-8-21(4-2)12-23/h3-19,32-34H,1-2H2,(H,35,36,37,38). The Kier molecular flexibility index (Phi) is 6.00. The summed E-state index contributed by atoms with van der Waals surface area (Å²) in [6.07, 6.45) is 12.9. The van der Waals surface area contributed by atoms with Crippen LogP contribution in [0.2, 0.25) is 0 Å². The molecule has 0 amide bonds. The molecule has 4 N–H and O–H groups in total. The summed E-state index contributed by atoms with van der Waals surface area (Å²) >= 11 is 0. The van der Waals surface area contributed by atoms with Gasteiger partial charge in [-0.05, 0) is 46.5 Å². The van der Waals surface area contributed by atoms with E-state index < -0.39 is 0 Å².